The average Bonchev–Trinajstić information content (AvgIpc) is 2.64. The summed E-state index contributed by atoms with van der Waals surface area (Å²) >= 11 is 18.3. The molecule has 1 aliphatic carbocycles. The Morgan fingerprint density at radius 1 is 0.778 bits per heavy atom. The van der Waals surface area contributed by atoms with Crippen LogP contribution >= 0.6 is 33.2 Å². The molecular formula is C14H11Cl3Si. The van der Waals surface area contributed by atoms with Gasteiger partial charge in [-0.2, -0.15) is 0 Å². The van der Waals surface area contributed by atoms with E-state index in [-0.39, 0.29) is 5.92 Å². The third kappa shape index (κ3) is 2.21. The van der Waals surface area contributed by atoms with Crippen LogP contribution in [0.25, 0.3) is 11.1 Å². The van der Waals surface area contributed by atoms with Gasteiger partial charge < -0.3 is 0 Å². The highest BCUT2D eigenvalue weighted by Crippen LogP contribution is 2.49. The minimum absolute atomic E-state index is 0.233. The Kier molecular flexibility index (Phi) is 3.19. The number of hydrogen-bond donors (Lipinski definition) is 0. The second kappa shape index (κ2) is 4.57. The van der Waals surface area contributed by atoms with E-state index in [0.29, 0.717) is 6.04 Å². The molecule has 4 heteroatoms. The summed E-state index contributed by atoms with van der Waals surface area (Å²) in [7, 11) is 0. The molecule has 0 heterocycles. The molecule has 0 nitrogen and oxygen atoms in total. The third-order valence-electron chi connectivity index (χ3n) is 3.40. The lowest BCUT2D eigenvalue weighted by Gasteiger charge is -2.17. The van der Waals surface area contributed by atoms with Crippen molar-refractivity contribution in [2.75, 3.05) is 0 Å². The maximum absolute atomic E-state index is 6.12. The Hall–Kier alpha value is -0.473. The Morgan fingerprint density at radius 2 is 1.22 bits per heavy atom. The van der Waals surface area contributed by atoms with Crippen LogP contribution in [0.2, 0.25) is 6.04 Å². The van der Waals surface area contributed by atoms with E-state index < -0.39 is 6.00 Å². The lowest BCUT2D eigenvalue weighted by Crippen LogP contribution is -2.14. The summed E-state index contributed by atoms with van der Waals surface area (Å²) in [4.78, 5) is 0. The van der Waals surface area contributed by atoms with Crippen LogP contribution in [0.1, 0.15) is 17.0 Å². The number of rotatable bonds is 2. The molecule has 18 heavy (non-hydrogen) atoms. The van der Waals surface area contributed by atoms with E-state index in [1.807, 2.05) is 0 Å². The van der Waals surface area contributed by atoms with Crippen molar-refractivity contribution in [3.05, 3.63) is 59.7 Å². The molecule has 0 atom stereocenters. The van der Waals surface area contributed by atoms with Gasteiger partial charge in [0.1, 0.15) is 0 Å². The molecule has 0 bridgehead atoms. The number of fused-ring (bicyclic) bond motifs is 3. The fraction of sp³-hybridized carbons (Fsp3) is 0.143. The Morgan fingerprint density at radius 3 is 1.67 bits per heavy atom. The van der Waals surface area contributed by atoms with Gasteiger partial charge in [0, 0.05) is 5.92 Å². The van der Waals surface area contributed by atoms with E-state index in [1.54, 1.807) is 0 Å². The van der Waals surface area contributed by atoms with E-state index >= 15 is 0 Å². The first-order valence-electron chi connectivity index (χ1n) is 5.81. The summed E-state index contributed by atoms with van der Waals surface area (Å²) in [6.07, 6.45) is 0. The topological polar surface area (TPSA) is 0 Å². The van der Waals surface area contributed by atoms with Crippen molar-refractivity contribution in [2.24, 2.45) is 0 Å². The first-order valence-corrected chi connectivity index (χ1v) is 11.1. The van der Waals surface area contributed by atoms with Gasteiger partial charge in [-0.05, 0) is 28.3 Å². The summed E-state index contributed by atoms with van der Waals surface area (Å²) in [6.45, 7) is 0. The summed E-state index contributed by atoms with van der Waals surface area (Å²) < 4.78 is 0. The van der Waals surface area contributed by atoms with Gasteiger partial charge in [0.15, 0.2) is 0 Å². The highest BCUT2D eigenvalue weighted by Gasteiger charge is 2.36. The molecule has 1 aliphatic rings. The molecule has 2 aromatic rings. The Labute approximate surface area is 122 Å². The molecule has 0 unspecified atom stereocenters. The first-order chi connectivity index (χ1) is 8.56. The zero-order chi connectivity index (χ0) is 12.8. The SMILES string of the molecule is Cl[Si](Cl)(Cl)CC1c2ccccc2-c2ccccc21. The molecule has 0 N–H and O–H groups in total. The fourth-order valence-electron chi connectivity index (χ4n) is 2.71. The van der Waals surface area contributed by atoms with Gasteiger partial charge in [-0.15, -0.1) is 33.2 Å². The van der Waals surface area contributed by atoms with E-state index in [9.17, 15) is 0 Å². The average molecular weight is 314 g/mol. The van der Waals surface area contributed by atoms with Crippen LogP contribution in [-0.4, -0.2) is 6.00 Å². The molecule has 0 saturated heterocycles. The molecule has 0 fully saturated rings. The van der Waals surface area contributed by atoms with Gasteiger partial charge in [0.2, 0.25) is 0 Å². The molecule has 3 rings (SSSR count). The minimum atomic E-state index is -2.64. The van der Waals surface area contributed by atoms with Crippen LogP contribution in [0.3, 0.4) is 0 Å². The molecule has 92 valence electrons. The van der Waals surface area contributed by atoms with E-state index in [1.165, 1.54) is 22.3 Å². The maximum atomic E-state index is 6.12. The first kappa shape index (κ1) is 12.6. The van der Waals surface area contributed by atoms with Crippen molar-refractivity contribution in [2.45, 2.75) is 12.0 Å². The van der Waals surface area contributed by atoms with Crippen LogP contribution in [0.5, 0.6) is 0 Å². The second-order valence-electron chi connectivity index (χ2n) is 4.55. The van der Waals surface area contributed by atoms with Crippen molar-refractivity contribution in [1.82, 2.24) is 0 Å². The van der Waals surface area contributed by atoms with Crippen molar-refractivity contribution in [1.29, 1.82) is 0 Å². The second-order valence-corrected chi connectivity index (χ2v) is 13.7. The summed E-state index contributed by atoms with van der Waals surface area (Å²) in [5.74, 6) is 0.233. The zero-order valence-electron chi connectivity index (χ0n) is 9.54. The van der Waals surface area contributed by atoms with Gasteiger partial charge in [0.25, 0.3) is 0 Å². The summed E-state index contributed by atoms with van der Waals surface area (Å²) in [5.41, 5.74) is 5.14. The highest BCUT2D eigenvalue weighted by molar-refractivity contribution is 7.64. The molecule has 0 spiro atoms. The molecule has 0 aromatic heterocycles. The molecule has 0 radical (unpaired) electrons. The van der Waals surface area contributed by atoms with Crippen LogP contribution in [0.4, 0.5) is 0 Å². The maximum Gasteiger partial charge on any atom is 0.342 e. The molecule has 0 saturated carbocycles. The zero-order valence-corrected chi connectivity index (χ0v) is 12.8. The predicted molar refractivity (Wildman–Crippen MR) is 81.8 cm³/mol. The van der Waals surface area contributed by atoms with Gasteiger partial charge in [-0.3, -0.25) is 0 Å². The smallest absolute Gasteiger partial charge is 0.126 e. The number of halogens is 3. The van der Waals surface area contributed by atoms with Crippen LogP contribution in [0.15, 0.2) is 48.5 Å². The quantitative estimate of drug-likeness (QED) is 0.510. The number of benzene rings is 2. The van der Waals surface area contributed by atoms with Crippen LogP contribution in [0, 0.1) is 0 Å². The van der Waals surface area contributed by atoms with Gasteiger partial charge in [-0.25, -0.2) is 0 Å². The highest BCUT2D eigenvalue weighted by atomic mass is 35.8. The van der Waals surface area contributed by atoms with E-state index in [4.69, 9.17) is 33.2 Å². The van der Waals surface area contributed by atoms with Crippen molar-refractivity contribution >= 4 is 39.2 Å². The molecular weight excluding hydrogens is 303 g/mol. The molecule has 2 aromatic carbocycles. The monoisotopic (exact) mass is 312 g/mol. The van der Waals surface area contributed by atoms with Crippen molar-refractivity contribution in [3.63, 3.8) is 0 Å². The normalized spacial score (nSPS) is 14.4. The van der Waals surface area contributed by atoms with Gasteiger partial charge in [-0.1, -0.05) is 48.5 Å². The van der Waals surface area contributed by atoms with E-state index in [2.05, 4.69) is 48.5 Å². The summed E-state index contributed by atoms with van der Waals surface area (Å²) in [5, 5.41) is 0. The van der Waals surface area contributed by atoms with Gasteiger partial charge in [0.05, 0.1) is 0 Å². The fourth-order valence-corrected chi connectivity index (χ4v) is 5.00. The minimum Gasteiger partial charge on any atom is -0.126 e. The predicted octanol–water partition coefficient (Wildman–Crippen LogP) is 5.45. The van der Waals surface area contributed by atoms with Gasteiger partial charge >= 0.3 is 6.00 Å². The lowest BCUT2D eigenvalue weighted by molar-refractivity contribution is 0.946. The van der Waals surface area contributed by atoms with Crippen molar-refractivity contribution < 1.29 is 0 Å². The number of hydrogen-bond acceptors (Lipinski definition) is 0. The largest absolute Gasteiger partial charge is 0.342 e. The third-order valence-corrected chi connectivity index (χ3v) is 5.66. The Bertz CT molecular complexity index is 544. The Balaban J connectivity index is 2.15. The molecule has 0 aliphatic heterocycles. The van der Waals surface area contributed by atoms with Crippen molar-refractivity contribution in [3.8, 4) is 11.1 Å². The van der Waals surface area contributed by atoms with Crippen LogP contribution < -0.4 is 0 Å². The summed E-state index contributed by atoms with van der Waals surface area (Å²) in [6, 6.07) is 14.8. The van der Waals surface area contributed by atoms with E-state index in [0.717, 1.165) is 0 Å². The lowest BCUT2D eigenvalue weighted by atomic mass is 9.99. The standard InChI is InChI=1S/C14H11Cl3Si/c15-18(16,17)9-14-12-7-3-1-5-10(12)11-6-2-4-8-13(11)14/h1-8,14H,9H2. The molecule has 0 amide bonds. The van der Waals surface area contributed by atoms with Crippen LogP contribution in [-0.2, 0) is 0 Å².